The van der Waals surface area contributed by atoms with Crippen molar-refractivity contribution in [2.45, 2.75) is 19.4 Å². The summed E-state index contributed by atoms with van der Waals surface area (Å²) in [5.41, 5.74) is 2.17. The molecule has 1 N–H and O–H groups in total. The van der Waals surface area contributed by atoms with Crippen molar-refractivity contribution in [1.29, 1.82) is 0 Å². The lowest BCUT2D eigenvalue weighted by molar-refractivity contribution is 0.126. The topological polar surface area (TPSA) is 34.4 Å². The second kappa shape index (κ2) is 5.55. The van der Waals surface area contributed by atoms with E-state index in [4.69, 9.17) is 9.15 Å². The first-order valence-electron chi connectivity index (χ1n) is 6.67. The van der Waals surface area contributed by atoms with E-state index in [1.807, 2.05) is 24.5 Å². The van der Waals surface area contributed by atoms with Crippen molar-refractivity contribution in [2.75, 3.05) is 19.8 Å². The summed E-state index contributed by atoms with van der Waals surface area (Å²) in [5.74, 6) is 0.850. The molecule has 0 atom stereocenters. The number of hydrogen-bond acceptors (Lipinski definition) is 3. The highest BCUT2D eigenvalue weighted by Crippen LogP contribution is 2.28. The lowest BCUT2D eigenvalue weighted by Crippen LogP contribution is -2.19. The van der Waals surface area contributed by atoms with Crippen molar-refractivity contribution in [3.63, 3.8) is 0 Å². The predicted octanol–water partition coefficient (Wildman–Crippen LogP) is 2.95. The van der Waals surface area contributed by atoms with Crippen LogP contribution in [-0.2, 0) is 11.3 Å². The van der Waals surface area contributed by atoms with Crippen LogP contribution in [0.15, 0.2) is 34.9 Å². The van der Waals surface area contributed by atoms with Crippen LogP contribution in [-0.4, -0.2) is 19.8 Å². The summed E-state index contributed by atoms with van der Waals surface area (Å²) in [6, 6.07) is 8.13. The summed E-state index contributed by atoms with van der Waals surface area (Å²) in [4.78, 5) is 0. The molecular formula is C15H19NO2. The second-order valence-electron chi connectivity index (χ2n) is 4.95. The number of benzene rings is 1. The third-order valence-corrected chi connectivity index (χ3v) is 3.35. The molecule has 0 amide bonds. The molecule has 2 aromatic rings. The molecular weight excluding hydrogens is 226 g/mol. The monoisotopic (exact) mass is 245 g/mol. The third kappa shape index (κ3) is 2.92. The molecule has 3 nitrogen and oxygen atoms in total. The normalized spacial score (nSPS) is 15.3. The number of rotatable bonds is 7. The van der Waals surface area contributed by atoms with Gasteiger partial charge in [0, 0.05) is 30.6 Å². The molecule has 0 unspecified atom stereocenters. The molecule has 18 heavy (non-hydrogen) atoms. The molecule has 1 heterocycles. The van der Waals surface area contributed by atoms with Crippen LogP contribution in [0.3, 0.4) is 0 Å². The van der Waals surface area contributed by atoms with E-state index in [1.165, 1.54) is 23.8 Å². The molecule has 0 bridgehead atoms. The van der Waals surface area contributed by atoms with Gasteiger partial charge in [-0.1, -0.05) is 18.2 Å². The van der Waals surface area contributed by atoms with E-state index >= 15 is 0 Å². The van der Waals surface area contributed by atoms with Crippen molar-refractivity contribution in [2.24, 2.45) is 5.92 Å². The Labute approximate surface area is 107 Å². The van der Waals surface area contributed by atoms with Gasteiger partial charge in [0.2, 0.25) is 0 Å². The predicted molar refractivity (Wildman–Crippen MR) is 71.5 cm³/mol. The number of ether oxygens (including phenoxy) is 1. The molecule has 0 radical (unpaired) electrons. The minimum atomic E-state index is 0.798. The fourth-order valence-corrected chi connectivity index (χ4v) is 2.07. The van der Waals surface area contributed by atoms with Crippen LogP contribution in [0, 0.1) is 5.92 Å². The van der Waals surface area contributed by atoms with Crippen molar-refractivity contribution in [3.05, 3.63) is 36.1 Å². The first-order valence-corrected chi connectivity index (χ1v) is 6.67. The Hall–Kier alpha value is -1.32. The van der Waals surface area contributed by atoms with Gasteiger partial charge in [-0.25, -0.2) is 0 Å². The van der Waals surface area contributed by atoms with Crippen LogP contribution in [0.4, 0.5) is 0 Å². The van der Waals surface area contributed by atoms with Crippen LogP contribution >= 0.6 is 0 Å². The molecule has 0 spiro atoms. The Morgan fingerprint density at radius 3 is 3.06 bits per heavy atom. The smallest absolute Gasteiger partial charge is 0.134 e. The van der Waals surface area contributed by atoms with E-state index in [-0.39, 0.29) is 0 Å². The van der Waals surface area contributed by atoms with Gasteiger partial charge in [-0.05, 0) is 24.8 Å². The van der Waals surface area contributed by atoms with Crippen LogP contribution in [0.2, 0.25) is 0 Å². The van der Waals surface area contributed by atoms with Crippen molar-refractivity contribution in [1.82, 2.24) is 5.32 Å². The Bertz CT molecular complexity index is 502. The van der Waals surface area contributed by atoms with Crippen LogP contribution in [0.5, 0.6) is 0 Å². The first-order chi connectivity index (χ1) is 8.93. The van der Waals surface area contributed by atoms with Crippen LogP contribution in [0.25, 0.3) is 11.0 Å². The molecule has 96 valence electrons. The van der Waals surface area contributed by atoms with Crippen molar-refractivity contribution >= 4 is 11.0 Å². The zero-order chi connectivity index (χ0) is 12.2. The Balaban J connectivity index is 1.41. The van der Waals surface area contributed by atoms with Gasteiger partial charge in [-0.3, -0.25) is 0 Å². The van der Waals surface area contributed by atoms with E-state index in [2.05, 4.69) is 11.4 Å². The van der Waals surface area contributed by atoms with Gasteiger partial charge in [0.25, 0.3) is 0 Å². The van der Waals surface area contributed by atoms with Gasteiger partial charge in [0.1, 0.15) is 5.58 Å². The summed E-state index contributed by atoms with van der Waals surface area (Å²) in [5, 5.41) is 4.59. The molecule has 3 rings (SSSR count). The molecule has 1 aliphatic carbocycles. The first kappa shape index (κ1) is 11.8. The molecule has 1 aliphatic rings. The third-order valence-electron chi connectivity index (χ3n) is 3.35. The average Bonchev–Trinajstić information content (AvgIpc) is 3.14. The summed E-state index contributed by atoms with van der Waals surface area (Å²) >= 11 is 0. The zero-order valence-electron chi connectivity index (χ0n) is 10.5. The largest absolute Gasteiger partial charge is 0.464 e. The fraction of sp³-hybridized carbons (Fsp3) is 0.467. The van der Waals surface area contributed by atoms with Crippen LogP contribution in [0.1, 0.15) is 18.4 Å². The standard InChI is InChI=1S/C15H19NO2/c1-2-4-15-14(3-1)13(11-18-15)9-16-7-8-17-10-12-5-6-12/h1-4,11-12,16H,5-10H2. The van der Waals surface area contributed by atoms with E-state index < -0.39 is 0 Å². The minimum Gasteiger partial charge on any atom is -0.464 e. The van der Waals surface area contributed by atoms with E-state index in [0.29, 0.717) is 0 Å². The molecule has 3 heteroatoms. The lowest BCUT2D eigenvalue weighted by Gasteiger charge is -2.04. The number of furan rings is 1. The fourth-order valence-electron chi connectivity index (χ4n) is 2.07. The molecule has 0 saturated heterocycles. The van der Waals surface area contributed by atoms with Crippen molar-refractivity contribution in [3.8, 4) is 0 Å². The zero-order valence-corrected chi connectivity index (χ0v) is 10.5. The van der Waals surface area contributed by atoms with Gasteiger partial charge in [-0.15, -0.1) is 0 Å². The Kier molecular flexibility index (Phi) is 3.62. The lowest BCUT2D eigenvalue weighted by atomic mass is 10.2. The molecule has 1 saturated carbocycles. The van der Waals surface area contributed by atoms with Gasteiger partial charge in [0.05, 0.1) is 12.9 Å². The summed E-state index contributed by atoms with van der Waals surface area (Å²) in [6.07, 6.45) is 4.55. The van der Waals surface area contributed by atoms with E-state index in [0.717, 1.165) is 37.8 Å². The molecule has 1 aromatic carbocycles. The molecule has 0 aliphatic heterocycles. The van der Waals surface area contributed by atoms with Crippen molar-refractivity contribution < 1.29 is 9.15 Å². The highest BCUT2D eigenvalue weighted by molar-refractivity contribution is 5.80. The summed E-state index contributed by atoms with van der Waals surface area (Å²) < 4.78 is 11.1. The SMILES string of the molecule is c1ccc2c(CNCCOCC3CC3)coc2c1. The number of para-hydroxylation sites is 1. The maximum absolute atomic E-state index is 5.58. The summed E-state index contributed by atoms with van der Waals surface area (Å²) in [6.45, 7) is 3.47. The van der Waals surface area contributed by atoms with Gasteiger partial charge in [0.15, 0.2) is 0 Å². The highest BCUT2D eigenvalue weighted by Gasteiger charge is 2.20. The Morgan fingerprint density at radius 2 is 2.17 bits per heavy atom. The van der Waals surface area contributed by atoms with Gasteiger partial charge < -0.3 is 14.5 Å². The average molecular weight is 245 g/mol. The summed E-state index contributed by atoms with van der Waals surface area (Å²) in [7, 11) is 0. The highest BCUT2D eigenvalue weighted by atomic mass is 16.5. The maximum atomic E-state index is 5.58. The molecule has 1 aromatic heterocycles. The maximum Gasteiger partial charge on any atom is 0.134 e. The Morgan fingerprint density at radius 1 is 1.28 bits per heavy atom. The minimum absolute atomic E-state index is 0.798. The number of nitrogens with one attached hydrogen (secondary N) is 1. The van der Waals surface area contributed by atoms with Crippen LogP contribution < -0.4 is 5.32 Å². The van der Waals surface area contributed by atoms with Gasteiger partial charge >= 0.3 is 0 Å². The number of hydrogen-bond donors (Lipinski definition) is 1. The number of fused-ring (bicyclic) bond motifs is 1. The second-order valence-corrected chi connectivity index (χ2v) is 4.95. The quantitative estimate of drug-likeness (QED) is 0.762. The molecule has 1 fully saturated rings. The van der Waals surface area contributed by atoms with E-state index in [9.17, 15) is 0 Å². The van der Waals surface area contributed by atoms with Gasteiger partial charge in [-0.2, -0.15) is 0 Å². The van der Waals surface area contributed by atoms with E-state index in [1.54, 1.807) is 0 Å².